The third kappa shape index (κ3) is 4.94. The summed E-state index contributed by atoms with van der Waals surface area (Å²) in [5.74, 6) is -1.68. The molecule has 0 atom stereocenters. The molecule has 2 heterocycles. The average molecular weight is 408 g/mol. The Balaban J connectivity index is 1.53. The lowest BCUT2D eigenvalue weighted by Crippen LogP contribution is -2.44. The van der Waals surface area contributed by atoms with Crippen molar-refractivity contribution in [2.24, 2.45) is 0 Å². The van der Waals surface area contributed by atoms with Crippen molar-refractivity contribution in [1.29, 1.82) is 0 Å². The summed E-state index contributed by atoms with van der Waals surface area (Å²) in [5, 5.41) is 4.11. The minimum absolute atomic E-state index is 0.0513. The highest BCUT2D eigenvalue weighted by Crippen LogP contribution is 2.29. The quantitative estimate of drug-likeness (QED) is 0.816. The molecule has 28 heavy (non-hydrogen) atoms. The van der Waals surface area contributed by atoms with Gasteiger partial charge < -0.3 is 5.32 Å². The Kier molecular flexibility index (Phi) is 6.15. The van der Waals surface area contributed by atoms with Gasteiger partial charge in [-0.2, -0.15) is 0 Å². The number of carbonyl (C=O) groups excluding carboxylic acids is 1. The number of hydrogen-bond donors (Lipinski definition) is 1. The molecule has 1 saturated heterocycles. The Morgan fingerprint density at radius 2 is 1.93 bits per heavy atom. The number of piperidine rings is 1. The smallest absolute Gasteiger partial charge is 0.263 e. The molecule has 1 aliphatic rings. The predicted molar refractivity (Wildman–Crippen MR) is 108 cm³/mol. The lowest BCUT2D eigenvalue weighted by Gasteiger charge is -2.32. The molecule has 1 aromatic heterocycles. The van der Waals surface area contributed by atoms with Crippen LogP contribution >= 0.6 is 11.3 Å². The molecule has 0 aliphatic carbocycles. The number of thiazole rings is 1. The van der Waals surface area contributed by atoms with Gasteiger partial charge in [0.25, 0.3) is 5.91 Å². The molecule has 1 N–H and O–H groups in total. The van der Waals surface area contributed by atoms with Crippen LogP contribution in [0.3, 0.4) is 0 Å². The van der Waals surface area contributed by atoms with E-state index in [-0.39, 0.29) is 17.4 Å². The standard InChI is InChI=1S/C21H27F2N3OS/c1-13-18(28-20(24-13)21(2,3)4)19(27)25-15-7-9-26(10-8-15)12-14-5-6-16(22)17(23)11-14/h5-6,11,15H,7-10,12H2,1-4H3,(H,25,27). The molecule has 4 nitrogen and oxygen atoms in total. The Morgan fingerprint density at radius 3 is 2.50 bits per heavy atom. The van der Waals surface area contributed by atoms with Gasteiger partial charge in [0, 0.05) is 31.1 Å². The number of aromatic nitrogens is 1. The van der Waals surface area contributed by atoms with Crippen molar-refractivity contribution in [3.05, 3.63) is 51.0 Å². The van der Waals surface area contributed by atoms with E-state index in [0.717, 1.165) is 42.2 Å². The normalized spacial score (nSPS) is 16.4. The Morgan fingerprint density at radius 1 is 1.25 bits per heavy atom. The number of carbonyl (C=O) groups is 1. The summed E-state index contributed by atoms with van der Waals surface area (Å²) in [5.41, 5.74) is 1.47. The molecule has 0 bridgehead atoms. The predicted octanol–water partition coefficient (Wildman–Crippen LogP) is 4.42. The van der Waals surface area contributed by atoms with E-state index in [9.17, 15) is 13.6 Å². The third-order valence-corrected chi connectivity index (χ3v) is 6.54. The van der Waals surface area contributed by atoms with E-state index < -0.39 is 11.6 Å². The lowest BCUT2D eigenvalue weighted by atomic mass is 9.98. The Labute approximate surface area is 169 Å². The zero-order valence-corrected chi connectivity index (χ0v) is 17.6. The van der Waals surface area contributed by atoms with Crippen LogP contribution in [0.4, 0.5) is 8.78 Å². The van der Waals surface area contributed by atoms with Crippen LogP contribution in [-0.2, 0) is 12.0 Å². The number of rotatable bonds is 4. The van der Waals surface area contributed by atoms with E-state index >= 15 is 0 Å². The highest BCUT2D eigenvalue weighted by atomic mass is 32.1. The first-order valence-electron chi connectivity index (χ1n) is 9.58. The lowest BCUT2D eigenvalue weighted by molar-refractivity contribution is 0.0912. The molecular formula is C21H27F2N3OS. The fourth-order valence-electron chi connectivity index (χ4n) is 3.31. The molecule has 2 aromatic rings. The van der Waals surface area contributed by atoms with Gasteiger partial charge in [0.05, 0.1) is 10.7 Å². The zero-order chi connectivity index (χ0) is 20.5. The van der Waals surface area contributed by atoms with Crippen LogP contribution in [-0.4, -0.2) is 34.9 Å². The van der Waals surface area contributed by atoms with E-state index in [1.165, 1.54) is 23.5 Å². The van der Waals surface area contributed by atoms with Crippen LogP contribution < -0.4 is 5.32 Å². The van der Waals surface area contributed by atoms with Gasteiger partial charge in [-0.25, -0.2) is 13.8 Å². The summed E-state index contributed by atoms with van der Waals surface area (Å²) in [6.07, 6.45) is 1.67. The van der Waals surface area contributed by atoms with Gasteiger partial charge in [-0.15, -0.1) is 11.3 Å². The van der Waals surface area contributed by atoms with Crippen LogP contribution in [0, 0.1) is 18.6 Å². The van der Waals surface area contributed by atoms with Gasteiger partial charge in [0.1, 0.15) is 4.88 Å². The first-order valence-corrected chi connectivity index (χ1v) is 10.4. The average Bonchev–Trinajstić information content (AvgIpc) is 3.02. The summed E-state index contributed by atoms with van der Waals surface area (Å²) < 4.78 is 26.4. The summed E-state index contributed by atoms with van der Waals surface area (Å²) in [6.45, 7) is 10.4. The number of aryl methyl sites for hydroxylation is 1. The third-order valence-electron chi connectivity index (χ3n) is 4.96. The van der Waals surface area contributed by atoms with Crippen LogP contribution in [0.1, 0.15) is 59.5 Å². The number of amides is 1. The second-order valence-corrected chi connectivity index (χ2v) is 9.45. The number of hydrogen-bond acceptors (Lipinski definition) is 4. The van der Waals surface area contributed by atoms with Gasteiger partial charge in [-0.3, -0.25) is 9.69 Å². The monoisotopic (exact) mass is 407 g/mol. The van der Waals surface area contributed by atoms with E-state index in [1.807, 2.05) is 6.92 Å². The number of likely N-dealkylation sites (tertiary alicyclic amines) is 1. The van der Waals surface area contributed by atoms with Crippen molar-refractivity contribution in [2.75, 3.05) is 13.1 Å². The summed E-state index contributed by atoms with van der Waals surface area (Å²) in [6, 6.07) is 4.16. The van der Waals surface area contributed by atoms with Crippen molar-refractivity contribution in [2.45, 2.75) is 58.5 Å². The van der Waals surface area contributed by atoms with Gasteiger partial charge in [0.2, 0.25) is 0 Å². The minimum atomic E-state index is -0.821. The first-order chi connectivity index (χ1) is 13.1. The SMILES string of the molecule is Cc1nc(C(C)(C)C)sc1C(=O)NC1CCN(Cc2ccc(F)c(F)c2)CC1. The number of nitrogens with zero attached hydrogens (tertiary/aromatic N) is 2. The van der Waals surface area contributed by atoms with Crippen LogP contribution in [0.25, 0.3) is 0 Å². The first kappa shape index (κ1) is 20.9. The number of nitrogens with one attached hydrogen (secondary N) is 1. The topological polar surface area (TPSA) is 45.2 Å². The molecular weight excluding hydrogens is 380 g/mol. The van der Waals surface area contributed by atoms with Crippen LogP contribution in [0.2, 0.25) is 0 Å². The molecule has 1 aromatic carbocycles. The fraction of sp³-hybridized carbons (Fsp3) is 0.524. The molecule has 0 spiro atoms. The molecule has 1 fully saturated rings. The van der Waals surface area contributed by atoms with Crippen LogP contribution in [0.15, 0.2) is 18.2 Å². The molecule has 1 amide bonds. The molecule has 3 rings (SSSR count). The minimum Gasteiger partial charge on any atom is -0.348 e. The second kappa shape index (κ2) is 8.25. The fourth-order valence-corrected chi connectivity index (χ4v) is 4.34. The van der Waals surface area contributed by atoms with E-state index in [2.05, 4.69) is 36.0 Å². The maximum absolute atomic E-state index is 13.4. The van der Waals surface area contributed by atoms with Gasteiger partial charge in [-0.1, -0.05) is 26.8 Å². The maximum atomic E-state index is 13.4. The van der Waals surface area contributed by atoms with Crippen molar-refractivity contribution in [3.63, 3.8) is 0 Å². The van der Waals surface area contributed by atoms with Crippen molar-refractivity contribution < 1.29 is 13.6 Å². The van der Waals surface area contributed by atoms with E-state index in [1.54, 1.807) is 6.07 Å². The Bertz CT molecular complexity index is 852. The molecule has 0 saturated carbocycles. The van der Waals surface area contributed by atoms with E-state index in [0.29, 0.717) is 11.4 Å². The zero-order valence-electron chi connectivity index (χ0n) is 16.8. The van der Waals surface area contributed by atoms with Crippen molar-refractivity contribution in [1.82, 2.24) is 15.2 Å². The summed E-state index contributed by atoms with van der Waals surface area (Å²) in [4.78, 5) is 20.1. The summed E-state index contributed by atoms with van der Waals surface area (Å²) in [7, 11) is 0. The van der Waals surface area contributed by atoms with Crippen molar-refractivity contribution in [3.8, 4) is 0 Å². The van der Waals surface area contributed by atoms with Crippen LogP contribution in [0.5, 0.6) is 0 Å². The molecule has 0 radical (unpaired) electrons. The highest BCUT2D eigenvalue weighted by Gasteiger charge is 2.26. The molecule has 152 valence electrons. The number of benzene rings is 1. The van der Waals surface area contributed by atoms with Crippen molar-refractivity contribution >= 4 is 17.2 Å². The maximum Gasteiger partial charge on any atom is 0.263 e. The van der Waals surface area contributed by atoms with Gasteiger partial charge in [0.15, 0.2) is 11.6 Å². The largest absolute Gasteiger partial charge is 0.348 e. The number of halogens is 2. The molecule has 0 unspecified atom stereocenters. The van der Waals surface area contributed by atoms with Gasteiger partial charge >= 0.3 is 0 Å². The summed E-state index contributed by atoms with van der Waals surface area (Å²) >= 11 is 1.47. The second-order valence-electron chi connectivity index (χ2n) is 8.46. The molecule has 1 aliphatic heterocycles. The van der Waals surface area contributed by atoms with E-state index in [4.69, 9.17) is 0 Å². The highest BCUT2D eigenvalue weighted by molar-refractivity contribution is 7.14. The Hall–Kier alpha value is -1.86. The van der Waals surface area contributed by atoms with Gasteiger partial charge in [-0.05, 0) is 37.5 Å². The molecule has 7 heteroatoms.